The summed E-state index contributed by atoms with van der Waals surface area (Å²) < 4.78 is 12.8. The van der Waals surface area contributed by atoms with Crippen LogP contribution in [0.4, 0.5) is 15.8 Å². The van der Waals surface area contributed by atoms with Crippen molar-refractivity contribution >= 4 is 29.0 Å². The molecule has 0 saturated carbocycles. The molecule has 0 aliphatic heterocycles. The molecule has 100 valence electrons. The summed E-state index contributed by atoms with van der Waals surface area (Å²) in [5, 5.41) is 2.66. The van der Waals surface area contributed by atoms with E-state index in [4.69, 9.17) is 5.73 Å². The van der Waals surface area contributed by atoms with E-state index in [1.54, 1.807) is 11.8 Å². The average Bonchev–Trinajstić information content (AvgIpc) is 2.28. The number of benzene rings is 1. The normalized spacial score (nSPS) is 10.7. The van der Waals surface area contributed by atoms with Crippen molar-refractivity contribution in [3.05, 3.63) is 24.0 Å². The molecular weight excluding hydrogens is 253 g/mol. The molecule has 0 fully saturated rings. The van der Waals surface area contributed by atoms with Crippen LogP contribution >= 0.6 is 11.8 Å². The molecule has 0 saturated heterocycles. The predicted molar refractivity (Wildman–Crippen MR) is 75.3 cm³/mol. The molecule has 0 unspecified atom stereocenters. The lowest BCUT2D eigenvalue weighted by Crippen LogP contribution is -2.18. The first-order valence-electron chi connectivity index (χ1n) is 5.56. The van der Waals surface area contributed by atoms with Crippen LogP contribution in [0, 0.1) is 5.82 Å². The van der Waals surface area contributed by atoms with E-state index in [0.717, 1.165) is 12.3 Å². The predicted octanol–water partition coefficient (Wildman–Crippen LogP) is 1.64. The molecule has 0 spiro atoms. The lowest BCUT2D eigenvalue weighted by molar-refractivity contribution is -0.113. The number of thioether (sulfide) groups is 1. The Labute approximate surface area is 111 Å². The van der Waals surface area contributed by atoms with Crippen molar-refractivity contribution in [2.24, 2.45) is 0 Å². The van der Waals surface area contributed by atoms with Gasteiger partial charge in [0.2, 0.25) is 5.91 Å². The molecule has 18 heavy (non-hydrogen) atoms. The Morgan fingerprint density at radius 2 is 2.22 bits per heavy atom. The second kappa shape index (κ2) is 7.23. The number of hydrogen-bond acceptors (Lipinski definition) is 4. The summed E-state index contributed by atoms with van der Waals surface area (Å²) in [6.07, 6.45) is 0. The highest BCUT2D eigenvalue weighted by molar-refractivity contribution is 7.99. The molecule has 4 nitrogen and oxygen atoms in total. The van der Waals surface area contributed by atoms with Crippen LogP contribution < -0.4 is 11.1 Å². The molecule has 0 aliphatic rings. The molecule has 6 heteroatoms. The van der Waals surface area contributed by atoms with E-state index in [2.05, 4.69) is 10.2 Å². The number of nitrogen functional groups attached to an aromatic ring is 1. The second-order valence-electron chi connectivity index (χ2n) is 4.14. The van der Waals surface area contributed by atoms with Crippen LogP contribution in [0.3, 0.4) is 0 Å². The third kappa shape index (κ3) is 5.37. The minimum absolute atomic E-state index is 0.128. The van der Waals surface area contributed by atoms with Gasteiger partial charge in [0.1, 0.15) is 5.82 Å². The SMILES string of the molecule is CN(C)CCSCC(=O)Nc1ccc(F)cc1N. The maximum Gasteiger partial charge on any atom is 0.234 e. The van der Waals surface area contributed by atoms with Gasteiger partial charge < -0.3 is 16.0 Å². The summed E-state index contributed by atoms with van der Waals surface area (Å²) >= 11 is 1.55. The number of nitrogens with two attached hydrogens (primary N) is 1. The molecule has 0 bridgehead atoms. The summed E-state index contributed by atoms with van der Waals surface area (Å²) in [6, 6.07) is 3.92. The van der Waals surface area contributed by atoms with Crippen molar-refractivity contribution in [2.45, 2.75) is 0 Å². The molecule has 1 rings (SSSR count). The Bertz CT molecular complexity index is 412. The van der Waals surface area contributed by atoms with Crippen molar-refractivity contribution in [2.75, 3.05) is 43.2 Å². The van der Waals surface area contributed by atoms with Gasteiger partial charge in [0.05, 0.1) is 17.1 Å². The first-order valence-corrected chi connectivity index (χ1v) is 6.72. The van der Waals surface area contributed by atoms with Crippen molar-refractivity contribution in [1.82, 2.24) is 4.90 Å². The lowest BCUT2D eigenvalue weighted by atomic mass is 10.2. The number of halogens is 1. The van der Waals surface area contributed by atoms with Crippen LogP contribution in [0.5, 0.6) is 0 Å². The van der Waals surface area contributed by atoms with Gasteiger partial charge in [-0.2, -0.15) is 11.8 Å². The third-order valence-corrected chi connectivity index (χ3v) is 3.14. The molecule has 0 heterocycles. The highest BCUT2D eigenvalue weighted by Crippen LogP contribution is 2.19. The van der Waals surface area contributed by atoms with Gasteiger partial charge in [0.25, 0.3) is 0 Å². The maximum atomic E-state index is 12.8. The highest BCUT2D eigenvalue weighted by Gasteiger charge is 2.06. The first-order chi connectivity index (χ1) is 8.49. The van der Waals surface area contributed by atoms with E-state index in [1.807, 2.05) is 14.1 Å². The number of anilines is 2. The van der Waals surface area contributed by atoms with Gasteiger partial charge in [0.15, 0.2) is 0 Å². The van der Waals surface area contributed by atoms with E-state index in [-0.39, 0.29) is 11.6 Å². The minimum atomic E-state index is -0.411. The Kier molecular flexibility index (Phi) is 5.94. The van der Waals surface area contributed by atoms with Crippen LogP contribution in [0.15, 0.2) is 18.2 Å². The zero-order valence-electron chi connectivity index (χ0n) is 10.6. The van der Waals surface area contributed by atoms with Crippen molar-refractivity contribution in [3.8, 4) is 0 Å². The van der Waals surface area contributed by atoms with E-state index < -0.39 is 5.82 Å². The average molecular weight is 271 g/mol. The lowest BCUT2D eigenvalue weighted by Gasteiger charge is -2.10. The zero-order chi connectivity index (χ0) is 13.5. The first kappa shape index (κ1) is 14.8. The number of nitrogens with zero attached hydrogens (tertiary/aromatic N) is 1. The Hall–Kier alpha value is -1.27. The van der Waals surface area contributed by atoms with Gasteiger partial charge in [-0.1, -0.05) is 0 Å². The number of carbonyl (C=O) groups is 1. The zero-order valence-corrected chi connectivity index (χ0v) is 11.4. The van der Waals surface area contributed by atoms with Gasteiger partial charge in [-0.15, -0.1) is 0 Å². The van der Waals surface area contributed by atoms with Crippen molar-refractivity contribution < 1.29 is 9.18 Å². The molecule has 3 N–H and O–H groups in total. The van der Waals surface area contributed by atoms with Gasteiger partial charge >= 0.3 is 0 Å². The third-order valence-electron chi connectivity index (χ3n) is 2.20. The van der Waals surface area contributed by atoms with Gasteiger partial charge in [-0.05, 0) is 32.3 Å². The van der Waals surface area contributed by atoms with Crippen LogP contribution in [-0.2, 0) is 4.79 Å². The summed E-state index contributed by atoms with van der Waals surface area (Å²) in [5.74, 6) is 0.715. The van der Waals surface area contributed by atoms with Crippen LogP contribution in [0.1, 0.15) is 0 Å². The van der Waals surface area contributed by atoms with E-state index >= 15 is 0 Å². The number of amides is 1. The summed E-state index contributed by atoms with van der Waals surface area (Å²) in [4.78, 5) is 13.7. The molecule has 1 aromatic rings. The number of hydrogen-bond donors (Lipinski definition) is 2. The number of carbonyl (C=O) groups excluding carboxylic acids is 1. The van der Waals surface area contributed by atoms with Crippen molar-refractivity contribution in [3.63, 3.8) is 0 Å². The molecule has 0 aromatic heterocycles. The van der Waals surface area contributed by atoms with Crippen LogP contribution in [-0.4, -0.2) is 43.0 Å². The summed E-state index contributed by atoms with van der Waals surface area (Å²) in [5.41, 5.74) is 6.29. The fraction of sp³-hybridized carbons (Fsp3) is 0.417. The Morgan fingerprint density at radius 1 is 1.50 bits per heavy atom. The fourth-order valence-corrected chi connectivity index (χ4v) is 2.14. The van der Waals surface area contributed by atoms with Gasteiger partial charge in [-0.25, -0.2) is 4.39 Å². The van der Waals surface area contributed by atoms with Crippen molar-refractivity contribution in [1.29, 1.82) is 0 Å². The number of nitrogens with one attached hydrogen (secondary N) is 1. The molecule has 0 aliphatic carbocycles. The molecular formula is C12H18FN3OS. The number of rotatable bonds is 6. The van der Waals surface area contributed by atoms with E-state index in [0.29, 0.717) is 11.4 Å². The maximum absolute atomic E-state index is 12.8. The topological polar surface area (TPSA) is 58.4 Å². The molecule has 1 amide bonds. The van der Waals surface area contributed by atoms with E-state index in [9.17, 15) is 9.18 Å². The summed E-state index contributed by atoms with van der Waals surface area (Å²) in [7, 11) is 3.97. The van der Waals surface area contributed by atoms with E-state index in [1.165, 1.54) is 18.2 Å². The monoisotopic (exact) mass is 271 g/mol. The van der Waals surface area contributed by atoms with Crippen LogP contribution in [0.25, 0.3) is 0 Å². The standard InChI is InChI=1S/C12H18FN3OS/c1-16(2)5-6-18-8-12(17)15-11-4-3-9(13)7-10(11)14/h3-4,7H,5-6,8,14H2,1-2H3,(H,15,17). The minimum Gasteiger partial charge on any atom is -0.397 e. The highest BCUT2D eigenvalue weighted by atomic mass is 32.2. The smallest absolute Gasteiger partial charge is 0.234 e. The van der Waals surface area contributed by atoms with Gasteiger partial charge in [0, 0.05) is 12.3 Å². The quantitative estimate of drug-likeness (QED) is 0.610. The molecule has 0 atom stereocenters. The fourth-order valence-electron chi connectivity index (χ4n) is 1.25. The Balaban J connectivity index is 2.35. The molecule has 1 aromatic carbocycles. The van der Waals surface area contributed by atoms with Crippen LogP contribution in [0.2, 0.25) is 0 Å². The second-order valence-corrected chi connectivity index (χ2v) is 5.24. The van der Waals surface area contributed by atoms with Gasteiger partial charge in [-0.3, -0.25) is 4.79 Å². The molecule has 0 radical (unpaired) electrons. The Morgan fingerprint density at radius 3 is 2.83 bits per heavy atom. The largest absolute Gasteiger partial charge is 0.397 e. The summed E-state index contributed by atoms with van der Waals surface area (Å²) in [6.45, 7) is 0.927.